The van der Waals surface area contributed by atoms with Crippen molar-refractivity contribution in [2.24, 2.45) is 0 Å². The van der Waals surface area contributed by atoms with Crippen molar-refractivity contribution in [1.29, 1.82) is 0 Å². The van der Waals surface area contributed by atoms with E-state index in [1.165, 1.54) is 7.11 Å². The molecule has 0 aliphatic rings. The molecule has 0 amide bonds. The molecule has 16 heavy (non-hydrogen) atoms. The summed E-state index contributed by atoms with van der Waals surface area (Å²) >= 11 is 0. The van der Waals surface area contributed by atoms with Gasteiger partial charge in [-0.15, -0.1) is 6.58 Å². The van der Waals surface area contributed by atoms with Gasteiger partial charge in [0.25, 0.3) is 6.29 Å². The van der Waals surface area contributed by atoms with Crippen LogP contribution >= 0.6 is 0 Å². The molecule has 4 heteroatoms. The molecule has 1 atom stereocenters. The van der Waals surface area contributed by atoms with Gasteiger partial charge in [0, 0.05) is 7.11 Å². The number of ether oxygens (including phenoxy) is 2. The topological polar surface area (TPSA) is 55.8 Å². The third-order valence-electron chi connectivity index (χ3n) is 1.96. The summed E-state index contributed by atoms with van der Waals surface area (Å²) in [5.41, 5.74) is 1.09. The number of hydrogen-bond acceptors (Lipinski definition) is 3. The average molecular weight is 222 g/mol. The van der Waals surface area contributed by atoms with E-state index in [4.69, 9.17) is 9.84 Å². The Morgan fingerprint density at radius 1 is 1.50 bits per heavy atom. The Labute approximate surface area is 94.1 Å². The number of benzene rings is 1. The van der Waals surface area contributed by atoms with E-state index in [-0.39, 0.29) is 0 Å². The molecule has 0 heterocycles. The summed E-state index contributed by atoms with van der Waals surface area (Å²) < 4.78 is 9.77. The molecule has 0 radical (unpaired) electrons. The van der Waals surface area contributed by atoms with Crippen LogP contribution in [0.5, 0.6) is 5.75 Å². The van der Waals surface area contributed by atoms with E-state index in [2.05, 4.69) is 11.3 Å². The van der Waals surface area contributed by atoms with Crippen LogP contribution in [-0.2, 0) is 16.0 Å². The zero-order valence-corrected chi connectivity index (χ0v) is 9.05. The molecule has 1 unspecified atom stereocenters. The van der Waals surface area contributed by atoms with Crippen LogP contribution in [0.25, 0.3) is 0 Å². The molecule has 4 nitrogen and oxygen atoms in total. The number of methoxy groups -OCH3 is 1. The van der Waals surface area contributed by atoms with Crippen molar-refractivity contribution in [2.45, 2.75) is 12.7 Å². The van der Waals surface area contributed by atoms with Crippen molar-refractivity contribution in [3.63, 3.8) is 0 Å². The molecule has 1 N–H and O–H groups in total. The first kappa shape index (κ1) is 12.3. The van der Waals surface area contributed by atoms with E-state index in [0.717, 1.165) is 12.0 Å². The molecule has 0 aliphatic heterocycles. The molecule has 0 aliphatic carbocycles. The largest absolute Gasteiger partial charge is 0.477 e. The Hall–Kier alpha value is -1.81. The van der Waals surface area contributed by atoms with Crippen molar-refractivity contribution in [3.05, 3.63) is 42.5 Å². The first-order chi connectivity index (χ1) is 7.67. The van der Waals surface area contributed by atoms with E-state index < -0.39 is 12.3 Å². The lowest BCUT2D eigenvalue weighted by Crippen LogP contribution is -2.28. The van der Waals surface area contributed by atoms with E-state index >= 15 is 0 Å². The summed E-state index contributed by atoms with van der Waals surface area (Å²) in [6.07, 6.45) is 1.29. The fourth-order valence-corrected chi connectivity index (χ4v) is 1.19. The van der Waals surface area contributed by atoms with E-state index in [9.17, 15) is 4.79 Å². The van der Waals surface area contributed by atoms with E-state index in [0.29, 0.717) is 5.75 Å². The summed E-state index contributed by atoms with van der Waals surface area (Å²) in [7, 11) is 1.28. The Balaban J connectivity index is 2.67. The zero-order valence-electron chi connectivity index (χ0n) is 9.05. The lowest BCUT2D eigenvalue weighted by atomic mass is 10.1. The average Bonchev–Trinajstić information content (AvgIpc) is 2.28. The lowest BCUT2D eigenvalue weighted by Gasteiger charge is -2.13. The van der Waals surface area contributed by atoms with E-state index in [1.54, 1.807) is 18.2 Å². The summed E-state index contributed by atoms with van der Waals surface area (Å²) in [5.74, 6) is -0.695. The maximum Gasteiger partial charge on any atom is 0.373 e. The first-order valence-electron chi connectivity index (χ1n) is 4.79. The normalized spacial score (nSPS) is 11.8. The molecule has 1 aromatic rings. The number of carboxylic acid groups (broad SMARTS) is 1. The van der Waals surface area contributed by atoms with Crippen LogP contribution in [0.15, 0.2) is 36.9 Å². The minimum Gasteiger partial charge on any atom is -0.477 e. The summed E-state index contributed by atoms with van der Waals surface area (Å²) in [5, 5.41) is 8.71. The van der Waals surface area contributed by atoms with Crippen molar-refractivity contribution in [2.75, 3.05) is 7.11 Å². The number of carboxylic acids is 1. The molecular formula is C12H14O4. The van der Waals surface area contributed by atoms with Crippen molar-refractivity contribution in [3.8, 4) is 5.75 Å². The molecule has 1 aromatic carbocycles. The SMILES string of the molecule is C=CCc1ccc(OC(OC)C(=O)O)cc1. The van der Waals surface area contributed by atoms with Crippen LogP contribution in [-0.4, -0.2) is 24.5 Å². The second kappa shape index (κ2) is 5.92. The first-order valence-corrected chi connectivity index (χ1v) is 4.79. The lowest BCUT2D eigenvalue weighted by molar-refractivity contribution is -0.166. The highest BCUT2D eigenvalue weighted by atomic mass is 16.7. The quantitative estimate of drug-likeness (QED) is 0.589. The van der Waals surface area contributed by atoms with Gasteiger partial charge in [-0.05, 0) is 24.1 Å². The Kier molecular flexibility index (Phi) is 4.54. The number of hydrogen-bond donors (Lipinski definition) is 1. The van der Waals surface area contributed by atoms with Gasteiger partial charge in [0.15, 0.2) is 0 Å². The highest BCUT2D eigenvalue weighted by Gasteiger charge is 2.17. The fourth-order valence-electron chi connectivity index (χ4n) is 1.19. The fraction of sp³-hybridized carbons (Fsp3) is 0.250. The van der Waals surface area contributed by atoms with Gasteiger partial charge in [-0.25, -0.2) is 4.79 Å². The molecule has 0 aromatic heterocycles. The maximum absolute atomic E-state index is 10.6. The molecule has 0 spiro atoms. The highest BCUT2D eigenvalue weighted by Crippen LogP contribution is 2.14. The molecule has 0 saturated heterocycles. The van der Waals surface area contributed by atoms with Gasteiger partial charge in [-0.1, -0.05) is 18.2 Å². The van der Waals surface area contributed by atoms with Crippen LogP contribution in [0.3, 0.4) is 0 Å². The number of aliphatic carboxylic acids is 1. The predicted octanol–water partition coefficient (Wildman–Crippen LogP) is 1.85. The summed E-state index contributed by atoms with van der Waals surface area (Å²) in [6.45, 7) is 3.63. The van der Waals surface area contributed by atoms with Gasteiger partial charge in [0.05, 0.1) is 0 Å². The summed E-state index contributed by atoms with van der Waals surface area (Å²) in [4.78, 5) is 10.6. The van der Waals surface area contributed by atoms with Crippen molar-refractivity contribution in [1.82, 2.24) is 0 Å². The predicted molar refractivity (Wildman–Crippen MR) is 59.4 cm³/mol. The van der Waals surface area contributed by atoms with Gasteiger partial charge in [0.2, 0.25) is 0 Å². The highest BCUT2D eigenvalue weighted by molar-refractivity contribution is 5.71. The molecule has 86 valence electrons. The van der Waals surface area contributed by atoms with E-state index in [1.807, 2.05) is 12.1 Å². The molecule has 0 bridgehead atoms. The number of allylic oxidation sites excluding steroid dienone is 1. The number of carbonyl (C=O) groups is 1. The van der Waals surface area contributed by atoms with Gasteiger partial charge in [0.1, 0.15) is 5.75 Å². The van der Waals surface area contributed by atoms with Gasteiger partial charge in [-0.3, -0.25) is 0 Å². The third kappa shape index (κ3) is 3.40. The van der Waals surface area contributed by atoms with Crippen LogP contribution in [0, 0.1) is 0 Å². The molecule has 1 rings (SSSR count). The monoisotopic (exact) mass is 222 g/mol. The zero-order chi connectivity index (χ0) is 12.0. The minimum atomic E-state index is -1.27. The molecular weight excluding hydrogens is 208 g/mol. The van der Waals surface area contributed by atoms with Gasteiger partial charge in [-0.2, -0.15) is 0 Å². The van der Waals surface area contributed by atoms with Crippen LogP contribution < -0.4 is 4.74 Å². The van der Waals surface area contributed by atoms with Crippen molar-refractivity contribution >= 4 is 5.97 Å². The minimum absolute atomic E-state index is 0.460. The molecule has 0 fully saturated rings. The second-order valence-corrected chi connectivity index (χ2v) is 3.16. The maximum atomic E-state index is 10.6. The standard InChI is InChI=1S/C12H14O4/c1-3-4-9-5-7-10(8-6-9)16-12(15-2)11(13)14/h3,5-8,12H,1,4H2,2H3,(H,13,14). The van der Waals surface area contributed by atoms with Crippen LogP contribution in [0.4, 0.5) is 0 Å². The smallest absolute Gasteiger partial charge is 0.373 e. The van der Waals surface area contributed by atoms with Crippen molar-refractivity contribution < 1.29 is 19.4 Å². The number of rotatable bonds is 6. The Bertz CT molecular complexity index is 356. The van der Waals surface area contributed by atoms with Gasteiger partial charge < -0.3 is 14.6 Å². The Morgan fingerprint density at radius 3 is 2.56 bits per heavy atom. The third-order valence-corrected chi connectivity index (χ3v) is 1.96. The summed E-state index contributed by atoms with van der Waals surface area (Å²) in [6, 6.07) is 7.11. The van der Waals surface area contributed by atoms with Crippen LogP contribution in [0.1, 0.15) is 5.56 Å². The van der Waals surface area contributed by atoms with Crippen LogP contribution in [0.2, 0.25) is 0 Å². The second-order valence-electron chi connectivity index (χ2n) is 3.16. The Morgan fingerprint density at radius 2 is 2.12 bits per heavy atom. The van der Waals surface area contributed by atoms with Gasteiger partial charge >= 0.3 is 5.97 Å². The molecule has 0 saturated carbocycles.